The van der Waals surface area contributed by atoms with Crippen LogP contribution in [0.15, 0.2) is 0 Å². The van der Waals surface area contributed by atoms with E-state index in [1.54, 1.807) is 0 Å². The Morgan fingerprint density at radius 3 is 2.71 bits per heavy atom. The van der Waals surface area contributed by atoms with Crippen molar-refractivity contribution in [3.8, 4) is 0 Å². The molecule has 1 aliphatic rings. The molecular formula is C13H26N2O2. The molecule has 1 saturated heterocycles. The molecule has 0 aromatic heterocycles. The maximum atomic E-state index is 10.6. The first-order chi connectivity index (χ1) is 7.78. The molecule has 0 bridgehead atoms. The first-order valence-corrected chi connectivity index (χ1v) is 6.50. The number of rotatable bonds is 5. The van der Waals surface area contributed by atoms with Crippen molar-refractivity contribution in [1.29, 1.82) is 0 Å². The summed E-state index contributed by atoms with van der Waals surface area (Å²) in [6.45, 7) is 11.9. The minimum Gasteiger partial charge on any atom is -0.481 e. The molecule has 0 radical (unpaired) electrons. The summed E-state index contributed by atoms with van der Waals surface area (Å²) in [6, 6.07) is 0.300. The van der Waals surface area contributed by atoms with Gasteiger partial charge in [0.25, 0.3) is 0 Å². The molecule has 0 aromatic carbocycles. The molecule has 1 aliphatic heterocycles. The second-order valence-corrected chi connectivity index (χ2v) is 6.25. The molecular weight excluding hydrogens is 216 g/mol. The molecule has 4 heteroatoms. The first kappa shape index (κ1) is 14.5. The van der Waals surface area contributed by atoms with Gasteiger partial charge < -0.3 is 10.4 Å². The zero-order chi connectivity index (χ0) is 13.1. The lowest BCUT2D eigenvalue weighted by atomic mass is 9.95. The van der Waals surface area contributed by atoms with Crippen LogP contribution in [0.4, 0.5) is 0 Å². The molecule has 1 unspecified atom stereocenters. The van der Waals surface area contributed by atoms with Crippen molar-refractivity contribution in [1.82, 2.24) is 10.2 Å². The number of carboxylic acid groups (broad SMARTS) is 1. The highest BCUT2D eigenvalue weighted by atomic mass is 16.4. The number of aliphatic carboxylic acids is 1. The van der Waals surface area contributed by atoms with Crippen LogP contribution in [-0.2, 0) is 4.79 Å². The van der Waals surface area contributed by atoms with E-state index < -0.39 is 5.97 Å². The molecule has 100 valence electrons. The Morgan fingerprint density at radius 2 is 2.18 bits per heavy atom. The second kappa shape index (κ2) is 5.83. The van der Waals surface area contributed by atoms with Crippen molar-refractivity contribution in [2.24, 2.45) is 5.92 Å². The van der Waals surface area contributed by atoms with Crippen LogP contribution in [-0.4, -0.2) is 47.2 Å². The van der Waals surface area contributed by atoms with Crippen LogP contribution in [0.2, 0.25) is 0 Å². The summed E-state index contributed by atoms with van der Waals surface area (Å²) < 4.78 is 0. The van der Waals surface area contributed by atoms with Crippen molar-refractivity contribution in [2.75, 3.05) is 19.6 Å². The number of carbonyl (C=O) groups is 1. The maximum absolute atomic E-state index is 10.6. The Bertz CT molecular complexity index is 264. The zero-order valence-electron chi connectivity index (χ0n) is 11.5. The Labute approximate surface area is 104 Å². The molecule has 0 amide bonds. The van der Waals surface area contributed by atoms with Crippen LogP contribution in [0.3, 0.4) is 0 Å². The van der Waals surface area contributed by atoms with Gasteiger partial charge in [0.2, 0.25) is 0 Å². The number of hydrogen-bond acceptors (Lipinski definition) is 3. The van der Waals surface area contributed by atoms with E-state index in [1.807, 2.05) is 0 Å². The van der Waals surface area contributed by atoms with Crippen LogP contribution >= 0.6 is 0 Å². The molecule has 4 nitrogen and oxygen atoms in total. The molecule has 0 aliphatic carbocycles. The molecule has 0 spiro atoms. The minimum atomic E-state index is -0.703. The van der Waals surface area contributed by atoms with Gasteiger partial charge >= 0.3 is 5.97 Å². The SMILES string of the molecule is CC(C)CN1CC(CCC(=O)O)NC(C)(C)C1. The van der Waals surface area contributed by atoms with Crippen molar-refractivity contribution >= 4 is 5.97 Å². The molecule has 0 aromatic rings. The van der Waals surface area contributed by atoms with Gasteiger partial charge in [0.1, 0.15) is 0 Å². The Hall–Kier alpha value is -0.610. The fourth-order valence-electron chi connectivity index (χ4n) is 2.70. The van der Waals surface area contributed by atoms with Gasteiger partial charge in [-0.15, -0.1) is 0 Å². The number of carboxylic acids is 1. The van der Waals surface area contributed by atoms with Crippen molar-refractivity contribution in [3.63, 3.8) is 0 Å². The first-order valence-electron chi connectivity index (χ1n) is 6.50. The summed E-state index contributed by atoms with van der Waals surface area (Å²) in [4.78, 5) is 13.1. The standard InChI is InChI=1S/C13H26N2O2/c1-10(2)7-15-8-11(5-6-12(16)17)14-13(3,4)9-15/h10-11,14H,5-9H2,1-4H3,(H,16,17). The monoisotopic (exact) mass is 242 g/mol. The summed E-state index contributed by atoms with van der Waals surface area (Å²) in [5.74, 6) is -0.0467. The van der Waals surface area contributed by atoms with Gasteiger partial charge in [0.15, 0.2) is 0 Å². The van der Waals surface area contributed by atoms with Gasteiger partial charge in [-0.3, -0.25) is 9.69 Å². The zero-order valence-corrected chi connectivity index (χ0v) is 11.5. The van der Waals surface area contributed by atoms with Crippen molar-refractivity contribution < 1.29 is 9.90 Å². The highest BCUT2D eigenvalue weighted by Gasteiger charge is 2.31. The third-order valence-corrected chi connectivity index (χ3v) is 3.02. The molecule has 1 fully saturated rings. The molecule has 2 N–H and O–H groups in total. The van der Waals surface area contributed by atoms with E-state index in [4.69, 9.17) is 5.11 Å². The molecule has 1 rings (SSSR count). The van der Waals surface area contributed by atoms with E-state index in [1.165, 1.54) is 0 Å². The number of nitrogens with zero attached hydrogens (tertiary/aromatic N) is 1. The number of hydrogen-bond donors (Lipinski definition) is 2. The van der Waals surface area contributed by atoms with Gasteiger partial charge in [-0.05, 0) is 26.2 Å². The Morgan fingerprint density at radius 1 is 1.53 bits per heavy atom. The lowest BCUT2D eigenvalue weighted by molar-refractivity contribution is -0.137. The largest absolute Gasteiger partial charge is 0.481 e. The predicted octanol–water partition coefficient (Wildman–Crippen LogP) is 1.56. The fraction of sp³-hybridized carbons (Fsp3) is 0.923. The van der Waals surface area contributed by atoms with E-state index >= 15 is 0 Å². The quantitative estimate of drug-likeness (QED) is 0.768. The molecule has 17 heavy (non-hydrogen) atoms. The number of nitrogens with one attached hydrogen (secondary N) is 1. The van der Waals surface area contributed by atoms with Crippen LogP contribution in [0.5, 0.6) is 0 Å². The third kappa shape index (κ3) is 5.50. The molecule has 1 heterocycles. The van der Waals surface area contributed by atoms with Crippen molar-refractivity contribution in [3.05, 3.63) is 0 Å². The lowest BCUT2D eigenvalue weighted by Gasteiger charge is -2.44. The van der Waals surface area contributed by atoms with Gasteiger partial charge in [-0.1, -0.05) is 13.8 Å². The van der Waals surface area contributed by atoms with E-state index in [0.29, 0.717) is 18.4 Å². The highest BCUT2D eigenvalue weighted by molar-refractivity contribution is 5.66. The summed E-state index contributed by atoms with van der Waals surface area (Å²) in [5, 5.41) is 12.3. The second-order valence-electron chi connectivity index (χ2n) is 6.25. The smallest absolute Gasteiger partial charge is 0.303 e. The van der Waals surface area contributed by atoms with E-state index in [2.05, 4.69) is 37.9 Å². The summed E-state index contributed by atoms with van der Waals surface area (Å²) >= 11 is 0. The topological polar surface area (TPSA) is 52.6 Å². The minimum absolute atomic E-state index is 0.0797. The highest BCUT2D eigenvalue weighted by Crippen LogP contribution is 2.17. The number of piperazine rings is 1. The van der Waals surface area contributed by atoms with Crippen molar-refractivity contribution in [2.45, 2.75) is 52.1 Å². The van der Waals surface area contributed by atoms with Crippen LogP contribution in [0, 0.1) is 5.92 Å². The summed E-state index contributed by atoms with van der Waals surface area (Å²) in [5.41, 5.74) is 0.0797. The van der Waals surface area contributed by atoms with E-state index in [0.717, 1.165) is 19.6 Å². The third-order valence-electron chi connectivity index (χ3n) is 3.02. The van der Waals surface area contributed by atoms with E-state index in [9.17, 15) is 4.79 Å². The molecule has 0 saturated carbocycles. The predicted molar refractivity (Wildman–Crippen MR) is 69.2 cm³/mol. The van der Waals surface area contributed by atoms with Gasteiger partial charge in [-0.2, -0.15) is 0 Å². The van der Waals surface area contributed by atoms with Gasteiger partial charge in [0, 0.05) is 37.6 Å². The maximum Gasteiger partial charge on any atom is 0.303 e. The van der Waals surface area contributed by atoms with Crippen LogP contribution in [0.1, 0.15) is 40.5 Å². The summed E-state index contributed by atoms with van der Waals surface area (Å²) in [6.07, 6.45) is 0.969. The van der Waals surface area contributed by atoms with Crippen LogP contribution in [0.25, 0.3) is 0 Å². The Kier molecular flexibility index (Phi) is 4.95. The fourth-order valence-corrected chi connectivity index (χ4v) is 2.70. The van der Waals surface area contributed by atoms with E-state index in [-0.39, 0.29) is 12.0 Å². The average molecular weight is 242 g/mol. The van der Waals surface area contributed by atoms with Crippen LogP contribution < -0.4 is 5.32 Å². The lowest BCUT2D eigenvalue weighted by Crippen LogP contribution is -2.62. The Balaban J connectivity index is 2.51. The summed E-state index contributed by atoms with van der Waals surface area (Å²) in [7, 11) is 0. The van der Waals surface area contributed by atoms with Gasteiger partial charge in [0.05, 0.1) is 0 Å². The van der Waals surface area contributed by atoms with Gasteiger partial charge in [-0.25, -0.2) is 0 Å². The normalized spacial score (nSPS) is 25.1. The molecule has 1 atom stereocenters. The average Bonchev–Trinajstić information content (AvgIpc) is 2.10.